The van der Waals surface area contributed by atoms with E-state index in [1.165, 1.54) is 4.90 Å². The first-order chi connectivity index (χ1) is 15.2. The molecular weight excluding hydrogens is 430 g/mol. The van der Waals surface area contributed by atoms with Gasteiger partial charge in [0.1, 0.15) is 5.58 Å². The second-order valence-electron chi connectivity index (χ2n) is 8.41. The lowest BCUT2D eigenvalue weighted by Gasteiger charge is -2.42. The Morgan fingerprint density at radius 3 is 2.62 bits per heavy atom. The largest absolute Gasteiger partial charge is 0.465 e. The number of carboxylic acid groups (broad SMARTS) is 1. The highest BCUT2D eigenvalue weighted by Crippen LogP contribution is 2.29. The third-order valence-corrected chi connectivity index (χ3v) is 7.54. The van der Waals surface area contributed by atoms with Crippen LogP contribution in [0.5, 0.6) is 0 Å². The number of piperazine rings is 1. The molecule has 0 spiro atoms. The Bertz CT molecular complexity index is 1250. The Morgan fingerprint density at radius 1 is 1.16 bits per heavy atom. The number of sulfonamides is 1. The van der Waals surface area contributed by atoms with E-state index in [4.69, 9.17) is 4.42 Å². The number of nitrogens with zero attached hydrogens (tertiary/aromatic N) is 2. The van der Waals surface area contributed by atoms with Crippen LogP contribution in [0.15, 0.2) is 58.0 Å². The van der Waals surface area contributed by atoms with E-state index in [9.17, 15) is 18.3 Å². The molecule has 1 aliphatic heterocycles. The van der Waals surface area contributed by atoms with Crippen molar-refractivity contribution in [3.8, 4) is 0 Å². The number of benzene rings is 2. The van der Waals surface area contributed by atoms with E-state index >= 15 is 0 Å². The first kappa shape index (κ1) is 22.2. The van der Waals surface area contributed by atoms with Gasteiger partial charge >= 0.3 is 6.09 Å². The summed E-state index contributed by atoms with van der Waals surface area (Å²) >= 11 is 0. The molecule has 1 saturated heterocycles. The Hall–Kier alpha value is -3.04. The van der Waals surface area contributed by atoms with Crippen LogP contribution < -0.4 is 4.72 Å². The van der Waals surface area contributed by atoms with Gasteiger partial charge in [0.05, 0.1) is 16.8 Å². The highest BCUT2D eigenvalue weighted by Gasteiger charge is 2.32. The van der Waals surface area contributed by atoms with Crippen molar-refractivity contribution in [3.63, 3.8) is 0 Å². The van der Waals surface area contributed by atoms with Gasteiger partial charge in [0.25, 0.3) is 10.0 Å². The molecule has 32 heavy (non-hydrogen) atoms. The highest BCUT2D eigenvalue weighted by atomic mass is 32.2. The van der Waals surface area contributed by atoms with E-state index in [1.807, 2.05) is 13.8 Å². The molecule has 2 N–H and O–H groups in total. The molecule has 2 heterocycles. The molecule has 3 aromatic rings. The molecule has 1 amide bonds. The van der Waals surface area contributed by atoms with Crippen molar-refractivity contribution < 1.29 is 22.7 Å². The zero-order chi connectivity index (χ0) is 23.0. The molecule has 0 unspecified atom stereocenters. The van der Waals surface area contributed by atoms with Crippen molar-refractivity contribution in [1.82, 2.24) is 9.80 Å². The Kier molecular flexibility index (Phi) is 5.87. The number of carbonyl (C=O) groups is 1. The van der Waals surface area contributed by atoms with Crippen LogP contribution in [0.3, 0.4) is 0 Å². The molecule has 2 atom stereocenters. The number of hydrogen-bond donors (Lipinski definition) is 2. The lowest BCUT2D eigenvalue weighted by atomic mass is 10.1. The van der Waals surface area contributed by atoms with Gasteiger partial charge in [-0.1, -0.05) is 18.2 Å². The van der Waals surface area contributed by atoms with Crippen molar-refractivity contribution in [3.05, 3.63) is 59.9 Å². The third-order valence-electron chi connectivity index (χ3n) is 6.00. The van der Waals surface area contributed by atoms with Gasteiger partial charge in [-0.25, -0.2) is 13.2 Å². The first-order valence-electron chi connectivity index (χ1n) is 10.5. The maximum absolute atomic E-state index is 13.0. The summed E-state index contributed by atoms with van der Waals surface area (Å²) in [5.41, 5.74) is 2.67. The van der Waals surface area contributed by atoms with Crippen LogP contribution in [0.4, 0.5) is 10.5 Å². The Labute approximate surface area is 187 Å². The molecular formula is C23H27N3O5S. The predicted molar refractivity (Wildman–Crippen MR) is 122 cm³/mol. The number of aryl methyl sites for hydroxylation is 1. The lowest BCUT2D eigenvalue weighted by molar-refractivity contribution is 0.0398. The molecule has 0 aliphatic carbocycles. The van der Waals surface area contributed by atoms with E-state index in [2.05, 4.69) is 9.62 Å². The summed E-state index contributed by atoms with van der Waals surface area (Å²) in [5.74, 6) is 0. The maximum Gasteiger partial charge on any atom is 0.407 e. The molecule has 8 nitrogen and oxygen atoms in total. The van der Waals surface area contributed by atoms with Crippen molar-refractivity contribution in [2.24, 2.45) is 0 Å². The van der Waals surface area contributed by atoms with Crippen LogP contribution in [0.1, 0.15) is 25.0 Å². The van der Waals surface area contributed by atoms with Gasteiger partial charge in [0.2, 0.25) is 0 Å². The minimum atomic E-state index is -3.75. The second-order valence-corrected chi connectivity index (χ2v) is 10.1. The maximum atomic E-state index is 13.0. The predicted octanol–water partition coefficient (Wildman–Crippen LogP) is 4.11. The fourth-order valence-electron chi connectivity index (χ4n) is 4.30. The molecule has 2 aromatic carbocycles. The van der Waals surface area contributed by atoms with Gasteiger partial charge in [-0.15, -0.1) is 0 Å². The average molecular weight is 458 g/mol. The third kappa shape index (κ3) is 4.31. The van der Waals surface area contributed by atoms with Crippen LogP contribution in [0.2, 0.25) is 0 Å². The van der Waals surface area contributed by atoms with Crippen molar-refractivity contribution >= 4 is 32.8 Å². The summed E-state index contributed by atoms with van der Waals surface area (Å²) in [6.07, 6.45) is 0.674. The van der Waals surface area contributed by atoms with Gasteiger partial charge in [0, 0.05) is 42.7 Å². The topological polar surface area (TPSA) is 103 Å². The van der Waals surface area contributed by atoms with Crippen LogP contribution in [-0.4, -0.2) is 54.6 Å². The second kappa shape index (κ2) is 8.48. The summed E-state index contributed by atoms with van der Waals surface area (Å²) in [4.78, 5) is 15.3. The van der Waals surface area contributed by atoms with Crippen molar-refractivity contribution in [1.29, 1.82) is 0 Å². The molecule has 0 saturated carbocycles. The smallest absolute Gasteiger partial charge is 0.407 e. The summed E-state index contributed by atoms with van der Waals surface area (Å²) < 4.78 is 34.4. The summed E-state index contributed by atoms with van der Waals surface area (Å²) in [6.45, 7) is 7.15. The molecule has 4 rings (SSSR count). The van der Waals surface area contributed by atoms with E-state index in [1.54, 1.807) is 55.7 Å². The van der Waals surface area contributed by atoms with Crippen molar-refractivity contribution in [2.45, 2.75) is 44.3 Å². The molecule has 1 aromatic heterocycles. The van der Waals surface area contributed by atoms with Gasteiger partial charge in [0.15, 0.2) is 0 Å². The van der Waals surface area contributed by atoms with E-state index in [0.717, 1.165) is 10.9 Å². The molecule has 0 radical (unpaired) electrons. The van der Waals surface area contributed by atoms with E-state index < -0.39 is 16.1 Å². The minimum absolute atomic E-state index is 0.0135. The number of amides is 1. The Balaban J connectivity index is 1.63. The summed E-state index contributed by atoms with van der Waals surface area (Å²) in [6, 6.07) is 12.1. The molecule has 9 heteroatoms. The normalized spacial score (nSPS) is 19.9. The number of fused-ring (bicyclic) bond motifs is 1. The van der Waals surface area contributed by atoms with Crippen LogP contribution in [0.25, 0.3) is 11.0 Å². The molecule has 170 valence electrons. The number of anilines is 1. The quantitative estimate of drug-likeness (QED) is 0.598. The monoisotopic (exact) mass is 457 g/mol. The molecule has 1 aliphatic rings. The summed E-state index contributed by atoms with van der Waals surface area (Å²) in [7, 11) is -3.75. The average Bonchev–Trinajstić information content (AvgIpc) is 3.19. The number of rotatable bonds is 5. The fourth-order valence-corrected chi connectivity index (χ4v) is 5.59. The summed E-state index contributed by atoms with van der Waals surface area (Å²) in [5, 5.41) is 10.2. The van der Waals surface area contributed by atoms with Crippen LogP contribution >= 0.6 is 0 Å². The molecule has 1 fully saturated rings. The van der Waals surface area contributed by atoms with Gasteiger partial charge in [-0.05, 0) is 50.6 Å². The fraction of sp³-hybridized carbons (Fsp3) is 0.348. The van der Waals surface area contributed by atoms with E-state index in [0.29, 0.717) is 36.5 Å². The highest BCUT2D eigenvalue weighted by molar-refractivity contribution is 7.92. The first-order valence-corrected chi connectivity index (χ1v) is 12.0. The van der Waals surface area contributed by atoms with Gasteiger partial charge in [-0.2, -0.15) is 0 Å². The zero-order valence-electron chi connectivity index (χ0n) is 18.3. The van der Waals surface area contributed by atoms with Gasteiger partial charge in [-0.3, -0.25) is 9.62 Å². The number of hydrogen-bond acceptors (Lipinski definition) is 5. The lowest BCUT2D eigenvalue weighted by Crippen LogP contribution is -2.57. The number of nitrogens with one attached hydrogen (secondary N) is 1. The Morgan fingerprint density at radius 2 is 1.91 bits per heavy atom. The zero-order valence-corrected chi connectivity index (χ0v) is 19.1. The van der Waals surface area contributed by atoms with Crippen LogP contribution in [-0.2, 0) is 16.6 Å². The number of furan rings is 1. The van der Waals surface area contributed by atoms with Crippen molar-refractivity contribution in [2.75, 3.05) is 17.8 Å². The van der Waals surface area contributed by atoms with Crippen LogP contribution in [0, 0.1) is 6.92 Å². The molecule has 0 bridgehead atoms. The SMILES string of the molecule is Cc1ccccc1S(=O)(=O)Nc1cc(CN2C[C@H](C)N(C(=O)O)C[C@H]2C)c2occc2c1. The standard InChI is InChI=1S/C23H27N3O5S/c1-15-6-4-5-7-21(15)32(29,30)24-20-10-18-8-9-31-22(18)19(11-20)14-25-12-17(3)26(23(27)28)13-16(25)2/h4-11,16-17,24H,12-14H2,1-3H3,(H,27,28)/t16-,17+/m1/s1. The van der Waals surface area contributed by atoms with E-state index in [-0.39, 0.29) is 17.0 Å². The van der Waals surface area contributed by atoms with Gasteiger partial charge < -0.3 is 14.4 Å². The minimum Gasteiger partial charge on any atom is -0.465 e.